The Morgan fingerprint density at radius 3 is 3.00 bits per heavy atom. The average Bonchev–Trinajstić information content (AvgIpc) is 2.51. The van der Waals surface area contributed by atoms with Gasteiger partial charge in [0, 0.05) is 6.54 Å². The van der Waals surface area contributed by atoms with Crippen molar-refractivity contribution in [2.24, 2.45) is 0 Å². The second kappa shape index (κ2) is 3.96. The maximum absolute atomic E-state index is 13.1. The minimum atomic E-state index is -0.337. The maximum atomic E-state index is 13.1. The quantitative estimate of drug-likeness (QED) is 0.792. The Morgan fingerprint density at radius 2 is 2.31 bits per heavy atom. The van der Waals surface area contributed by atoms with E-state index < -0.39 is 0 Å². The van der Waals surface area contributed by atoms with Crippen LogP contribution in [0.25, 0.3) is 11.0 Å². The number of imidazole rings is 1. The molecule has 0 radical (unpaired) electrons. The topological polar surface area (TPSA) is 37.8 Å². The SMILES string of the molecule is C=C(C)CCn1c(=O)[nH]c2ccc(F)cc21. The van der Waals surface area contributed by atoms with Crippen LogP contribution in [0.5, 0.6) is 0 Å². The van der Waals surface area contributed by atoms with Crippen molar-refractivity contribution in [3.05, 3.63) is 46.7 Å². The summed E-state index contributed by atoms with van der Waals surface area (Å²) in [6.07, 6.45) is 0.712. The molecule has 0 unspecified atom stereocenters. The summed E-state index contributed by atoms with van der Waals surface area (Å²) in [5.74, 6) is -0.337. The molecule has 0 saturated heterocycles. The number of aryl methyl sites for hydroxylation is 1. The monoisotopic (exact) mass is 220 g/mol. The lowest BCUT2D eigenvalue weighted by molar-refractivity contribution is 0.626. The number of allylic oxidation sites excluding steroid dienone is 1. The van der Waals surface area contributed by atoms with Crippen LogP contribution in [0.3, 0.4) is 0 Å². The zero-order valence-electron chi connectivity index (χ0n) is 9.09. The molecule has 0 aliphatic carbocycles. The molecule has 0 amide bonds. The molecule has 0 fully saturated rings. The molecule has 0 atom stereocenters. The van der Waals surface area contributed by atoms with Crippen molar-refractivity contribution in [3.8, 4) is 0 Å². The van der Waals surface area contributed by atoms with Crippen LogP contribution in [0, 0.1) is 5.82 Å². The van der Waals surface area contributed by atoms with Crippen molar-refractivity contribution < 1.29 is 4.39 Å². The second-order valence-electron chi connectivity index (χ2n) is 3.95. The van der Waals surface area contributed by atoms with Gasteiger partial charge in [0.1, 0.15) is 5.82 Å². The third kappa shape index (κ3) is 1.91. The van der Waals surface area contributed by atoms with Gasteiger partial charge >= 0.3 is 5.69 Å². The fourth-order valence-corrected chi connectivity index (χ4v) is 1.65. The van der Waals surface area contributed by atoms with Gasteiger partial charge in [-0.05, 0) is 31.5 Å². The van der Waals surface area contributed by atoms with E-state index in [9.17, 15) is 9.18 Å². The molecule has 0 bridgehead atoms. The summed E-state index contributed by atoms with van der Waals surface area (Å²) in [4.78, 5) is 14.3. The van der Waals surface area contributed by atoms with Crippen LogP contribution in [0.4, 0.5) is 4.39 Å². The molecule has 1 aromatic heterocycles. The van der Waals surface area contributed by atoms with Gasteiger partial charge in [-0.15, -0.1) is 6.58 Å². The van der Waals surface area contributed by atoms with Gasteiger partial charge in [-0.25, -0.2) is 9.18 Å². The van der Waals surface area contributed by atoms with Crippen LogP contribution in [0.1, 0.15) is 13.3 Å². The van der Waals surface area contributed by atoms with Crippen LogP contribution in [-0.2, 0) is 6.54 Å². The lowest BCUT2D eigenvalue weighted by Crippen LogP contribution is -2.16. The van der Waals surface area contributed by atoms with E-state index >= 15 is 0 Å². The third-order valence-corrected chi connectivity index (χ3v) is 2.50. The molecule has 1 heterocycles. The van der Waals surface area contributed by atoms with E-state index in [-0.39, 0.29) is 11.5 Å². The molecule has 0 spiro atoms. The summed E-state index contributed by atoms with van der Waals surface area (Å²) in [5.41, 5.74) is 2.05. The minimum absolute atomic E-state index is 0.207. The third-order valence-electron chi connectivity index (χ3n) is 2.50. The first kappa shape index (κ1) is 10.7. The molecule has 1 aromatic carbocycles. The average molecular weight is 220 g/mol. The number of H-pyrrole nitrogens is 1. The molecule has 0 aliphatic rings. The van der Waals surface area contributed by atoms with Crippen molar-refractivity contribution in [1.29, 1.82) is 0 Å². The first-order valence-corrected chi connectivity index (χ1v) is 5.10. The Balaban J connectivity index is 2.50. The van der Waals surface area contributed by atoms with E-state index in [0.717, 1.165) is 5.57 Å². The van der Waals surface area contributed by atoms with Crippen molar-refractivity contribution in [2.45, 2.75) is 19.9 Å². The van der Waals surface area contributed by atoms with E-state index in [2.05, 4.69) is 11.6 Å². The maximum Gasteiger partial charge on any atom is 0.326 e. The zero-order valence-corrected chi connectivity index (χ0v) is 9.09. The smallest absolute Gasteiger partial charge is 0.306 e. The first-order valence-electron chi connectivity index (χ1n) is 5.10. The number of rotatable bonds is 3. The van der Waals surface area contributed by atoms with Crippen LogP contribution < -0.4 is 5.69 Å². The summed E-state index contributed by atoms with van der Waals surface area (Å²) < 4.78 is 14.6. The fourth-order valence-electron chi connectivity index (χ4n) is 1.65. The normalized spacial score (nSPS) is 10.9. The Labute approximate surface area is 92.2 Å². The van der Waals surface area contributed by atoms with Gasteiger partial charge in [-0.3, -0.25) is 4.57 Å². The van der Waals surface area contributed by atoms with Gasteiger partial charge in [-0.1, -0.05) is 5.57 Å². The van der Waals surface area contributed by atoms with Gasteiger partial charge in [-0.2, -0.15) is 0 Å². The van der Waals surface area contributed by atoms with Gasteiger partial charge in [0.2, 0.25) is 0 Å². The Hall–Kier alpha value is -1.84. The zero-order chi connectivity index (χ0) is 11.7. The molecule has 2 rings (SSSR count). The number of nitrogens with one attached hydrogen (secondary N) is 1. The van der Waals surface area contributed by atoms with Crippen molar-refractivity contribution in [1.82, 2.24) is 9.55 Å². The second-order valence-corrected chi connectivity index (χ2v) is 3.95. The van der Waals surface area contributed by atoms with E-state index in [1.54, 1.807) is 6.07 Å². The van der Waals surface area contributed by atoms with E-state index in [4.69, 9.17) is 0 Å². The molecule has 0 saturated carbocycles. The highest BCUT2D eigenvalue weighted by Gasteiger charge is 2.06. The molecule has 16 heavy (non-hydrogen) atoms. The van der Waals surface area contributed by atoms with E-state index in [1.165, 1.54) is 16.7 Å². The summed E-state index contributed by atoms with van der Waals surface area (Å²) in [7, 11) is 0. The van der Waals surface area contributed by atoms with E-state index in [0.29, 0.717) is 24.0 Å². The standard InChI is InChI=1S/C12H13FN2O/c1-8(2)5-6-15-11-7-9(13)3-4-10(11)14-12(15)16/h3-4,7H,1,5-6H2,2H3,(H,14,16). The number of nitrogens with zero attached hydrogens (tertiary/aromatic N) is 1. The van der Waals surface area contributed by atoms with Gasteiger partial charge < -0.3 is 4.98 Å². The Kier molecular flexibility index (Phi) is 2.64. The lowest BCUT2D eigenvalue weighted by Gasteiger charge is -2.02. The van der Waals surface area contributed by atoms with E-state index in [1.807, 2.05) is 6.92 Å². The highest BCUT2D eigenvalue weighted by molar-refractivity contribution is 5.75. The number of aromatic nitrogens is 2. The van der Waals surface area contributed by atoms with Gasteiger partial charge in [0.25, 0.3) is 0 Å². The predicted molar refractivity (Wildman–Crippen MR) is 61.9 cm³/mol. The van der Waals surface area contributed by atoms with Crippen molar-refractivity contribution >= 4 is 11.0 Å². The highest BCUT2D eigenvalue weighted by Crippen LogP contribution is 2.12. The fraction of sp³-hybridized carbons (Fsp3) is 0.250. The van der Waals surface area contributed by atoms with Gasteiger partial charge in [0.05, 0.1) is 11.0 Å². The molecule has 0 aliphatic heterocycles. The minimum Gasteiger partial charge on any atom is -0.306 e. The molecule has 4 heteroatoms. The summed E-state index contributed by atoms with van der Waals surface area (Å²) in [5, 5.41) is 0. The number of hydrogen-bond donors (Lipinski definition) is 1. The summed E-state index contributed by atoms with van der Waals surface area (Å²) in [6, 6.07) is 4.27. The molecule has 2 aromatic rings. The highest BCUT2D eigenvalue weighted by atomic mass is 19.1. The van der Waals surface area contributed by atoms with Crippen LogP contribution in [0.2, 0.25) is 0 Å². The molecule has 84 valence electrons. The summed E-state index contributed by atoms with van der Waals surface area (Å²) >= 11 is 0. The molecule has 1 N–H and O–H groups in total. The number of fused-ring (bicyclic) bond motifs is 1. The molecular weight excluding hydrogens is 207 g/mol. The Morgan fingerprint density at radius 1 is 1.56 bits per heavy atom. The van der Waals surface area contributed by atoms with Crippen LogP contribution >= 0.6 is 0 Å². The molecule has 3 nitrogen and oxygen atoms in total. The number of aromatic amines is 1. The number of halogens is 1. The Bertz CT molecular complexity index is 595. The first-order chi connectivity index (χ1) is 7.58. The predicted octanol–water partition coefficient (Wildman–Crippen LogP) is 2.43. The largest absolute Gasteiger partial charge is 0.326 e. The van der Waals surface area contributed by atoms with Crippen molar-refractivity contribution in [2.75, 3.05) is 0 Å². The lowest BCUT2D eigenvalue weighted by atomic mass is 10.2. The molecular formula is C12H13FN2O. The van der Waals surface area contributed by atoms with Crippen LogP contribution in [0.15, 0.2) is 35.1 Å². The number of hydrogen-bond acceptors (Lipinski definition) is 1. The van der Waals surface area contributed by atoms with Crippen LogP contribution in [-0.4, -0.2) is 9.55 Å². The summed E-state index contributed by atoms with van der Waals surface area (Å²) in [6.45, 7) is 6.21. The van der Waals surface area contributed by atoms with Crippen molar-refractivity contribution in [3.63, 3.8) is 0 Å². The number of benzene rings is 1. The van der Waals surface area contributed by atoms with Gasteiger partial charge in [0.15, 0.2) is 0 Å².